The molecule has 0 aliphatic rings. The van der Waals surface area contributed by atoms with Gasteiger partial charge in [-0.2, -0.15) is 0 Å². The van der Waals surface area contributed by atoms with E-state index < -0.39 is 0 Å². The van der Waals surface area contributed by atoms with Gasteiger partial charge in [0.05, 0.1) is 12.4 Å². The van der Waals surface area contributed by atoms with E-state index in [-0.39, 0.29) is 6.61 Å². The van der Waals surface area contributed by atoms with Crippen molar-refractivity contribution in [2.75, 3.05) is 0 Å². The van der Waals surface area contributed by atoms with Crippen molar-refractivity contribution in [3.63, 3.8) is 0 Å². The topological polar surface area (TPSA) is 46.0 Å². The lowest BCUT2D eigenvalue weighted by atomic mass is 10.4. The zero-order chi connectivity index (χ0) is 12.1. The Morgan fingerprint density at radius 3 is 2.35 bits per heavy atom. The number of thioether (sulfide) groups is 1. The zero-order valence-corrected chi connectivity index (χ0v) is 10.6. The molecule has 0 amide bonds. The monoisotopic (exact) mass is 266 g/mol. The van der Waals surface area contributed by atoms with Crippen LogP contribution < -0.4 is 0 Å². The second-order valence-corrected chi connectivity index (χ2v) is 4.89. The van der Waals surface area contributed by atoms with Crippen LogP contribution >= 0.6 is 23.4 Å². The molecule has 1 aromatic heterocycles. The molecule has 1 N–H and O–H groups in total. The van der Waals surface area contributed by atoms with Gasteiger partial charge in [0.15, 0.2) is 0 Å². The minimum atomic E-state index is -0.0232. The standard InChI is InChI=1S/C12H11ClN2OS/c13-10-1-3-11(4-2-10)17-8-12-14-5-9(7-16)6-15-12/h1-6,16H,7-8H2. The van der Waals surface area contributed by atoms with E-state index in [1.807, 2.05) is 24.3 Å². The highest BCUT2D eigenvalue weighted by molar-refractivity contribution is 7.98. The highest BCUT2D eigenvalue weighted by atomic mass is 35.5. The summed E-state index contributed by atoms with van der Waals surface area (Å²) < 4.78 is 0. The Morgan fingerprint density at radius 2 is 1.76 bits per heavy atom. The number of halogens is 1. The van der Waals surface area contributed by atoms with Crippen molar-refractivity contribution in [3.8, 4) is 0 Å². The minimum absolute atomic E-state index is 0.0232. The maximum atomic E-state index is 8.86. The summed E-state index contributed by atoms with van der Waals surface area (Å²) in [5.74, 6) is 1.45. The third-order valence-corrected chi connectivity index (χ3v) is 3.38. The summed E-state index contributed by atoms with van der Waals surface area (Å²) in [7, 11) is 0. The lowest BCUT2D eigenvalue weighted by Crippen LogP contribution is -1.94. The number of benzene rings is 1. The van der Waals surface area contributed by atoms with Gasteiger partial charge in [-0.1, -0.05) is 11.6 Å². The molecule has 0 aliphatic carbocycles. The SMILES string of the molecule is OCc1cnc(CSc2ccc(Cl)cc2)nc1. The average Bonchev–Trinajstić information content (AvgIpc) is 2.39. The van der Waals surface area contributed by atoms with Gasteiger partial charge in [-0.05, 0) is 24.3 Å². The zero-order valence-electron chi connectivity index (χ0n) is 9.01. The summed E-state index contributed by atoms with van der Waals surface area (Å²) in [4.78, 5) is 9.46. The molecule has 0 spiro atoms. The Hall–Kier alpha value is -1.10. The Balaban J connectivity index is 1.95. The Morgan fingerprint density at radius 1 is 1.12 bits per heavy atom. The Bertz CT molecular complexity index is 473. The van der Waals surface area contributed by atoms with Crippen LogP contribution in [0.3, 0.4) is 0 Å². The van der Waals surface area contributed by atoms with Crippen LogP contribution in [0.25, 0.3) is 0 Å². The molecule has 2 aromatic rings. The van der Waals surface area contributed by atoms with E-state index in [1.165, 1.54) is 0 Å². The van der Waals surface area contributed by atoms with Crippen molar-refractivity contribution in [3.05, 3.63) is 53.1 Å². The molecule has 0 saturated carbocycles. The van der Waals surface area contributed by atoms with E-state index in [9.17, 15) is 0 Å². The van der Waals surface area contributed by atoms with Gasteiger partial charge in [-0.3, -0.25) is 0 Å². The molecule has 3 nitrogen and oxygen atoms in total. The molecule has 0 atom stereocenters. The summed E-state index contributed by atoms with van der Waals surface area (Å²) in [5, 5.41) is 9.60. The Labute approximate surface area is 109 Å². The number of hydrogen-bond donors (Lipinski definition) is 1. The lowest BCUT2D eigenvalue weighted by Gasteiger charge is -2.01. The van der Waals surface area contributed by atoms with Crippen LogP contribution in [0.1, 0.15) is 11.4 Å². The van der Waals surface area contributed by atoms with Crippen LogP contribution in [0.2, 0.25) is 5.02 Å². The van der Waals surface area contributed by atoms with Crippen LogP contribution in [0, 0.1) is 0 Å². The van der Waals surface area contributed by atoms with Crippen LogP contribution in [0.4, 0.5) is 0 Å². The Kier molecular flexibility index (Phi) is 4.36. The van der Waals surface area contributed by atoms with Gasteiger partial charge in [-0.25, -0.2) is 9.97 Å². The second kappa shape index (κ2) is 6.00. The molecule has 0 aliphatic heterocycles. The number of aliphatic hydroxyl groups is 1. The fourth-order valence-electron chi connectivity index (χ4n) is 1.22. The van der Waals surface area contributed by atoms with Crippen LogP contribution in [-0.4, -0.2) is 15.1 Å². The molecule has 0 bridgehead atoms. The molecule has 5 heteroatoms. The van der Waals surface area contributed by atoms with Gasteiger partial charge < -0.3 is 5.11 Å². The van der Waals surface area contributed by atoms with Crippen molar-refractivity contribution in [2.45, 2.75) is 17.3 Å². The van der Waals surface area contributed by atoms with Gasteiger partial charge in [0, 0.05) is 27.9 Å². The number of nitrogens with zero attached hydrogens (tertiary/aromatic N) is 2. The summed E-state index contributed by atoms with van der Waals surface area (Å²) in [6.45, 7) is -0.0232. The predicted octanol–water partition coefficient (Wildman–Crippen LogP) is 2.91. The summed E-state index contributed by atoms with van der Waals surface area (Å²) in [6, 6.07) is 7.66. The second-order valence-electron chi connectivity index (χ2n) is 3.41. The number of hydrogen-bond acceptors (Lipinski definition) is 4. The predicted molar refractivity (Wildman–Crippen MR) is 69.0 cm³/mol. The maximum Gasteiger partial charge on any atom is 0.138 e. The molecule has 88 valence electrons. The highest BCUT2D eigenvalue weighted by Crippen LogP contribution is 2.22. The van der Waals surface area contributed by atoms with Crippen molar-refractivity contribution in [1.82, 2.24) is 9.97 Å². The molecule has 1 aromatic carbocycles. The van der Waals surface area contributed by atoms with Crippen molar-refractivity contribution >= 4 is 23.4 Å². The van der Waals surface area contributed by atoms with E-state index in [0.29, 0.717) is 5.75 Å². The average molecular weight is 267 g/mol. The third-order valence-electron chi connectivity index (χ3n) is 2.12. The van der Waals surface area contributed by atoms with Gasteiger partial charge in [0.2, 0.25) is 0 Å². The first kappa shape index (κ1) is 12.4. The van der Waals surface area contributed by atoms with Crippen molar-refractivity contribution < 1.29 is 5.11 Å². The number of aromatic nitrogens is 2. The maximum absolute atomic E-state index is 8.86. The largest absolute Gasteiger partial charge is 0.392 e. The minimum Gasteiger partial charge on any atom is -0.392 e. The summed E-state index contributed by atoms with van der Waals surface area (Å²) in [6.07, 6.45) is 3.29. The van der Waals surface area contributed by atoms with Gasteiger partial charge in [0.1, 0.15) is 5.82 Å². The smallest absolute Gasteiger partial charge is 0.138 e. The van der Waals surface area contributed by atoms with Gasteiger partial charge in [0.25, 0.3) is 0 Å². The van der Waals surface area contributed by atoms with Crippen LogP contribution in [-0.2, 0) is 12.4 Å². The molecular formula is C12H11ClN2OS. The molecule has 0 unspecified atom stereocenters. The first-order chi connectivity index (χ1) is 8.28. The fourth-order valence-corrected chi connectivity index (χ4v) is 2.12. The normalized spacial score (nSPS) is 10.5. The van der Waals surface area contributed by atoms with E-state index in [1.54, 1.807) is 24.2 Å². The van der Waals surface area contributed by atoms with E-state index in [0.717, 1.165) is 21.3 Å². The molecular weight excluding hydrogens is 256 g/mol. The fraction of sp³-hybridized carbons (Fsp3) is 0.167. The summed E-state index contributed by atoms with van der Waals surface area (Å²) >= 11 is 7.45. The molecule has 17 heavy (non-hydrogen) atoms. The van der Waals surface area contributed by atoms with Crippen molar-refractivity contribution in [2.24, 2.45) is 0 Å². The molecule has 0 fully saturated rings. The van der Waals surface area contributed by atoms with Crippen LogP contribution in [0.15, 0.2) is 41.6 Å². The molecule has 0 radical (unpaired) electrons. The first-order valence-corrected chi connectivity index (χ1v) is 6.43. The molecule has 1 heterocycles. The van der Waals surface area contributed by atoms with Gasteiger partial charge >= 0.3 is 0 Å². The van der Waals surface area contributed by atoms with Gasteiger partial charge in [-0.15, -0.1) is 11.8 Å². The van der Waals surface area contributed by atoms with E-state index in [2.05, 4.69) is 9.97 Å². The van der Waals surface area contributed by atoms with E-state index >= 15 is 0 Å². The van der Waals surface area contributed by atoms with Crippen molar-refractivity contribution in [1.29, 1.82) is 0 Å². The quantitative estimate of drug-likeness (QED) is 0.865. The molecule has 0 saturated heterocycles. The highest BCUT2D eigenvalue weighted by Gasteiger charge is 1.99. The third kappa shape index (κ3) is 3.70. The number of rotatable bonds is 4. The first-order valence-electron chi connectivity index (χ1n) is 5.07. The lowest BCUT2D eigenvalue weighted by molar-refractivity contribution is 0.281. The van der Waals surface area contributed by atoms with E-state index in [4.69, 9.17) is 16.7 Å². The number of aliphatic hydroxyl groups excluding tert-OH is 1. The van der Waals surface area contributed by atoms with Crippen LogP contribution in [0.5, 0.6) is 0 Å². The summed E-state index contributed by atoms with van der Waals surface area (Å²) in [5.41, 5.74) is 0.727. The molecule has 2 rings (SSSR count).